The third-order valence-corrected chi connectivity index (χ3v) is 7.34. The number of fused-ring (bicyclic) bond motifs is 1. The molecule has 2 N–H and O–H groups in total. The van der Waals surface area contributed by atoms with E-state index >= 15 is 0 Å². The van der Waals surface area contributed by atoms with Crippen LogP contribution in [-0.4, -0.2) is 25.4 Å². The second-order valence-corrected chi connectivity index (χ2v) is 9.97. The number of halogens is 2. The average Bonchev–Trinajstić information content (AvgIpc) is 3.61. The number of rotatable bonds is 8. The van der Waals surface area contributed by atoms with E-state index in [2.05, 4.69) is 20.3 Å². The van der Waals surface area contributed by atoms with Crippen molar-refractivity contribution in [2.75, 3.05) is 0 Å². The summed E-state index contributed by atoms with van der Waals surface area (Å²) in [7, 11) is 0. The summed E-state index contributed by atoms with van der Waals surface area (Å²) in [6, 6.07) is 16.9. The van der Waals surface area contributed by atoms with Crippen LogP contribution in [0, 0.1) is 11.6 Å². The van der Waals surface area contributed by atoms with E-state index in [0.717, 1.165) is 41.1 Å². The van der Waals surface area contributed by atoms with E-state index < -0.39 is 17.0 Å². The van der Waals surface area contributed by atoms with Gasteiger partial charge < -0.3 is 10.3 Å². The van der Waals surface area contributed by atoms with Crippen molar-refractivity contribution < 1.29 is 13.6 Å². The third kappa shape index (κ3) is 4.95. The van der Waals surface area contributed by atoms with Crippen molar-refractivity contribution in [2.45, 2.75) is 37.8 Å². The van der Waals surface area contributed by atoms with Crippen molar-refractivity contribution in [3.63, 3.8) is 0 Å². The smallest absolute Gasteiger partial charge is 0.273 e. The molecule has 1 saturated carbocycles. The van der Waals surface area contributed by atoms with Crippen molar-refractivity contribution in [2.24, 2.45) is 0 Å². The van der Waals surface area contributed by atoms with Crippen molar-refractivity contribution >= 4 is 16.8 Å². The zero-order valence-corrected chi connectivity index (χ0v) is 21.0. The molecule has 0 spiro atoms. The molecule has 9 heteroatoms. The summed E-state index contributed by atoms with van der Waals surface area (Å²) in [6.45, 7) is 0.0681. The summed E-state index contributed by atoms with van der Waals surface area (Å²) >= 11 is 0. The number of amides is 1. The predicted octanol–water partition coefficient (Wildman–Crippen LogP) is 4.66. The molecule has 2 aromatic carbocycles. The van der Waals surface area contributed by atoms with Crippen LogP contribution in [0.5, 0.6) is 0 Å². The first-order chi connectivity index (χ1) is 18.9. The van der Waals surface area contributed by atoms with Gasteiger partial charge in [-0.25, -0.2) is 8.78 Å². The van der Waals surface area contributed by atoms with E-state index in [0.29, 0.717) is 11.3 Å². The highest BCUT2D eigenvalue weighted by Crippen LogP contribution is 2.50. The zero-order valence-electron chi connectivity index (χ0n) is 21.0. The lowest BCUT2D eigenvalue weighted by Gasteiger charge is -2.18. The van der Waals surface area contributed by atoms with Gasteiger partial charge in [-0.15, -0.1) is 0 Å². The van der Waals surface area contributed by atoms with Crippen LogP contribution in [0.3, 0.4) is 0 Å². The third-order valence-electron chi connectivity index (χ3n) is 7.34. The number of H-pyrrole nitrogens is 1. The number of pyridine rings is 1. The Morgan fingerprint density at radius 1 is 1.03 bits per heavy atom. The fourth-order valence-corrected chi connectivity index (χ4v) is 5.03. The average molecular weight is 526 g/mol. The number of hydrogen-bond donors (Lipinski definition) is 2. The normalized spacial score (nSPS) is 13.9. The SMILES string of the molecule is O=C(Cn1c(-c2ccccc2)cnc(CC2(c3ccc(F)c(F)c3)CC2)c1=O)NCc1cc2cnccc2[nH]1. The highest BCUT2D eigenvalue weighted by molar-refractivity contribution is 5.80. The monoisotopic (exact) mass is 525 g/mol. The Labute approximate surface area is 222 Å². The first-order valence-electron chi connectivity index (χ1n) is 12.7. The van der Waals surface area contributed by atoms with Crippen LogP contribution in [0.15, 0.2) is 84.0 Å². The largest absolute Gasteiger partial charge is 0.357 e. The van der Waals surface area contributed by atoms with Crippen LogP contribution in [0.25, 0.3) is 22.2 Å². The molecule has 0 aliphatic heterocycles. The summed E-state index contributed by atoms with van der Waals surface area (Å²) in [6.07, 6.45) is 6.79. The number of carbonyl (C=O) groups excluding carboxylic acids is 1. The Hall–Kier alpha value is -4.66. The molecular formula is C30H25F2N5O2. The molecule has 3 heterocycles. The molecule has 7 nitrogen and oxygen atoms in total. The van der Waals surface area contributed by atoms with Crippen molar-refractivity contribution in [3.8, 4) is 11.3 Å². The lowest BCUT2D eigenvalue weighted by atomic mass is 9.91. The van der Waals surface area contributed by atoms with Crippen LogP contribution in [-0.2, 0) is 29.7 Å². The number of hydrogen-bond acceptors (Lipinski definition) is 4. The van der Waals surface area contributed by atoms with Gasteiger partial charge in [-0.2, -0.15) is 0 Å². The molecule has 5 aromatic rings. The number of aromatic amines is 1. The zero-order chi connectivity index (χ0) is 27.0. The molecule has 0 bridgehead atoms. The lowest BCUT2D eigenvalue weighted by Crippen LogP contribution is -2.35. The number of aromatic nitrogens is 4. The Morgan fingerprint density at radius 2 is 1.85 bits per heavy atom. The molecule has 6 rings (SSSR count). The predicted molar refractivity (Wildman–Crippen MR) is 143 cm³/mol. The molecule has 39 heavy (non-hydrogen) atoms. The van der Waals surface area contributed by atoms with E-state index in [4.69, 9.17) is 0 Å². The van der Waals surface area contributed by atoms with Gasteiger partial charge >= 0.3 is 0 Å². The summed E-state index contributed by atoms with van der Waals surface area (Å²) in [5, 5.41) is 3.83. The molecular weight excluding hydrogens is 500 g/mol. The fraction of sp³-hybridized carbons (Fsp3) is 0.200. The number of carbonyl (C=O) groups is 1. The van der Waals surface area contributed by atoms with Crippen LogP contribution in [0.4, 0.5) is 8.78 Å². The Bertz CT molecular complexity index is 1710. The number of benzene rings is 2. The Balaban J connectivity index is 1.28. The molecule has 0 atom stereocenters. The molecule has 1 amide bonds. The van der Waals surface area contributed by atoms with E-state index in [1.807, 2.05) is 42.5 Å². The topological polar surface area (TPSA) is 92.7 Å². The number of nitrogens with zero attached hydrogens (tertiary/aromatic N) is 3. The van der Waals surface area contributed by atoms with Gasteiger partial charge in [-0.3, -0.25) is 24.1 Å². The molecule has 0 unspecified atom stereocenters. The van der Waals surface area contributed by atoms with E-state index in [-0.39, 0.29) is 36.7 Å². The lowest BCUT2D eigenvalue weighted by molar-refractivity contribution is -0.121. The standard InChI is InChI=1S/C30H25F2N5O2/c31-23-7-6-21(13-24(23)32)30(9-10-30)14-26-29(39)37(27(17-34-26)19-4-2-1-3-5-19)18-28(38)35-16-22-12-20-15-33-11-8-25(20)36-22/h1-8,11-13,15,17,36H,9-10,14,16,18H2,(H,35,38). The minimum absolute atomic E-state index is 0.196. The molecule has 0 radical (unpaired) electrons. The minimum Gasteiger partial charge on any atom is -0.357 e. The molecule has 3 aromatic heterocycles. The molecule has 0 saturated heterocycles. The Morgan fingerprint density at radius 3 is 2.59 bits per heavy atom. The maximum Gasteiger partial charge on any atom is 0.273 e. The second-order valence-electron chi connectivity index (χ2n) is 9.97. The Kier molecular flexibility index (Phi) is 6.26. The van der Waals surface area contributed by atoms with E-state index in [1.165, 1.54) is 10.6 Å². The van der Waals surface area contributed by atoms with Crippen LogP contribution >= 0.6 is 0 Å². The maximum absolute atomic E-state index is 14.0. The highest BCUT2D eigenvalue weighted by Gasteiger charge is 2.45. The second kappa shape index (κ2) is 9.90. The van der Waals surface area contributed by atoms with Gasteiger partial charge in [0.15, 0.2) is 11.6 Å². The van der Waals surface area contributed by atoms with Gasteiger partial charge in [-0.05, 0) is 48.2 Å². The van der Waals surface area contributed by atoms with Crippen LogP contribution in [0.2, 0.25) is 0 Å². The van der Waals surface area contributed by atoms with Crippen molar-refractivity contribution in [1.82, 2.24) is 24.8 Å². The summed E-state index contributed by atoms with van der Waals surface area (Å²) in [5.74, 6) is -2.14. The van der Waals surface area contributed by atoms with E-state index in [9.17, 15) is 18.4 Å². The first-order valence-corrected chi connectivity index (χ1v) is 12.7. The van der Waals surface area contributed by atoms with Crippen molar-refractivity contribution in [1.29, 1.82) is 0 Å². The van der Waals surface area contributed by atoms with Gasteiger partial charge in [0.2, 0.25) is 5.91 Å². The highest BCUT2D eigenvalue weighted by atomic mass is 19.2. The summed E-state index contributed by atoms with van der Waals surface area (Å²) in [4.78, 5) is 38.6. The van der Waals surface area contributed by atoms with Gasteiger partial charge in [0.25, 0.3) is 5.56 Å². The first kappa shape index (κ1) is 24.7. The quantitative estimate of drug-likeness (QED) is 0.308. The summed E-state index contributed by atoms with van der Waals surface area (Å²) in [5.41, 5.74) is 3.10. The molecule has 1 aliphatic carbocycles. The van der Waals surface area contributed by atoms with Gasteiger partial charge in [0.05, 0.1) is 18.4 Å². The minimum atomic E-state index is -0.911. The summed E-state index contributed by atoms with van der Waals surface area (Å²) < 4.78 is 28.9. The van der Waals surface area contributed by atoms with Crippen molar-refractivity contribution in [3.05, 3.63) is 118 Å². The molecule has 1 aliphatic rings. The molecule has 196 valence electrons. The van der Waals surface area contributed by atoms with Gasteiger partial charge in [0, 0.05) is 40.8 Å². The van der Waals surface area contributed by atoms with Crippen LogP contribution < -0.4 is 10.9 Å². The maximum atomic E-state index is 14.0. The van der Waals surface area contributed by atoms with Gasteiger partial charge in [0.1, 0.15) is 12.2 Å². The fourth-order valence-electron chi connectivity index (χ4n) is 5.03. The molecule has 1 fully saturated rings. The van der Waals surface area contributed by atoms with Crippen LogP contribution in [0.1, 0.15) is 29.8 Å². The van der Waals surface area contributed by atoms with E-state index in [1.54, 1.807) is 24.7 Å². The number of nitrogens with one attached hydrogen (secondary N) is 2. The van der Waals surface area contributed by atoms with Gasteiger partial charge in [-0.1, -0.05) is 36.4 Å².